The molecule has 0 atom stereocenters. The Morgan fingerprint density at radius 3 is 2.19 bits per heavy atom. The molecule has 0 saturated heterocycles. The molecular formula is C13H17NO2. The maximum Gasteiger partial charge on any atom is 0.232 e. The van der Waals surface area contributed by atoms with E-state index in [0.717, 1.165) is 24.2 Å². The standard InChI is InChI=1S/C13H17NO2/c1-14(2)12(15)13(8-9-13)10-4-6-11(16-3)7-5-10/h4-7H,8-9H2,1-3H3. The van der Waals surface area contributed by atoms with Crippen LogP contribution in [-0.2, 0) is 10.2 Å². The van der Waals surface area contributed by atoms with E-state index in [4.69, 9.17) is 4.74 Å². The molecule has 0 aliphatic heterocycles. The van der Waals surface area contributed by atoms with Crippen molar-refractivity contribution < 1.29 is 9.53 Å². The Bertz CT molecular complexity index is 391. The minimum absolute atomic E-state index is 0.206. The Labute approximate surface area is 96.0 Å². The Hall–Kier alpha value is -1.51. The molecular weight excluding hydrogens is 202 g/mol. The third-order valence-corrected chi connectivity index (χ3v) is 3.21. The van der Waals surface area contributed by atoms with Crippen molar-refractivity contribution in [2.24, 2.45) is 0 Å². The van der Waals surface area contributed by atoms with Crippen LogP contribution in [-0.4, -0.2) is 32.0 Å². The molecule has 1 saturated carbocycles. The van der Waals surface area contributed by atoms with Gasteiger partial charge in [-0.25, -0.2) is 0 Å². The van der Waals surface area contributed by atoms with Crippen LogP contribution < -0.4 is 4.74 Å². The Kier molecular flexibility index (Phi) is 2.62. The van der Waals surface area contributed by atoms with Crippen molar-refractivity contribution in [3.8, 4) is 5.75 Å². The summed E-state index contributed by atoms with van der Waals surface area (Å²) >= 11 is 0. The first-order valence-corrected chi connectivity index (χ1v) is 5.46. The van der Waals surface area contributed by atoms with E-state index in [0.29, 0.717) is 0 Å². The van der Waals surface area contributed by atoms with Crippen LogP contribution in [0.5, 0.6) is 5.75 Å². The van der Waals surface area contributed by atoms with Crippen molar-refractivity contribution in [3.05, 3.63) is 29.8 Å². The third-order valence-electron chi connectivity index (χ3n) is 3.21. The second-order valence-corrected chi connectivity index (χ2v) is 4.51. The molecule has 1 aromatic carbocycles. The van der Waals surface area contributed by atoms with Crippen molar-refractivity contribution in [3.63, 3.8) is 0 Å². The number of carbonyl (C=O) groups excluding carboxylic acids is 1. The van der Waals surface area contributed by atoms with Gasteiger partial charge in [-0.05, 0) is 30.5 Å². The summed E-state index contributed by atoms with van der Waals surface area (Å²) in [6, 6.07) is 7.82. The van der Waals surface area contributed by atoms with Gasteiger partial charge in [0.05, 0.1) is 12.5 Å². The van der Waals surface area contributed by atoms with Gasteiger partial charge in [-0.15, -0.1) is 0 Å². The topological polar surface area (TPSA) is 29.5 Å². The summed E-state index contributed by atoms with van der Waals surface area (Å²) < 4.78 is 5.11. The highest BCUT2D eigenvalue weighted by atomic mass is 16.5. The van der Waals surface area contributed by atoms with Crippen molar-refractivity contribution in [1.29, 1.82) is 0 Å². The molecule has 0 aromatic heterocycles. The van der Waals surface area contributed by atoms with Crippen LogP contribution in [0.4, 0.5) is 0 Å². The maximum atomic E-state index is 12.1. The smallest absolute Gasteiger partial charge is 0.232 e. The summed E-state index contributed by atoms with van der Waals surface area (Å²) in [6.07, 6.45) is 1.91. The maximum absolute atomic E-state index is 12.1. The van der Waals surface area contributed by atoms with Crippen LogP contribution >= 0.6 is 0 Å². The SMILES string of the molecule is COc1ccc(C2(C(=O)N(C)C)CC2)cc1. The lowest BCUT2D eigenvalue weighted by atomic mass is 9.94. The molecule has 0 unspecified atom stereocenters. The van der Waals surface area contributed by atoms with Gasteiger partial charge in [0, 0.05) is 14.1 Å². The van der Waals surface area contributed by atoms with E-state index in [-0.39, 0.29) is 11.3 Å². The molecule has 0 radical (unpaired) electrons. The summed E-state index contributed by atoms with van der Waals surface area (Å²) in [5, 5.41) is 0. The summed E-state index contributed by atoms with van der Waals surface area (Å²) in [5.41, 5.74) is 0.850. The zero-order chi connectivity index (χ0) is 11.8. The fourth-order valence-electron chi connectivity index (χ4n) is 2.09. The molecule has 0 spiro atoms. The molecule has 0 bridgehead atoms. The van der Waals surface area contributed by atoms with E-state index >= 15 is 0 Å². The first kappa shape index (κ1) is 11.0. The van der Waals surface area contributed by atoms with E-state index in [9.17, 15) is 4.79 Å². The largest absolute Gasteiger partial charge is 0.497 e. The lowest BCUT2D eigenvalue weighted by molar-refractivity contribution is -0.131. The molecule has 1 fully saturated rings. The molecule has 86 valence electrons. The van der Waals surface area contributed by atoms with Crippen molar-refractivity contribution in [1.82, 2.24) is 4.90 Å². The molecule has 2 rings (SSSR count). The lowest BCUT2D eigenvalue weighted by Gasteiger charge is -2.20. The van der Waals surface area contributed by atoms with Crippen LogP contribution in [0.15, 0.2) is 24.3 Å². The number of hydrogen-bond acceptors (Lipinski definition) is 2. The second kappa shape index (κ2) is 3.81. The summed E-state index contributed by atoms with van der Waals surface area (Å²) in [6.45, 7) is 0. The molecule has 1 aliphatic rings. The van der Waals surface area contributed by atoms with E-state index in [1.807, 2.05) is 38.4 Å². The van der Waals surface area contributed by atoms with E-state index in [1.54, 1.807) is 12.0 Å². The number of benzene rings is 1. The highest BCUT2D eigenvalue weighted by Gasteiger charge is 2.51. The monoisotopic (exact) mass is 219 g/mol. The molecule has 1 aliphatic carbocycles. The molecule has 3 heteroatoms. The Morgan fingerprint density at radius 1 is 1.25 bits per heavy atom. The number of hydrogen-bond donors (Lipinski definition) is 0. The van der Waals surface area contributed by atoms with E-state index in [1.165, 1.54) is 0 Å². The number of amides is 1. The van der Waals surface area contributed by atoms with Gasteiger partial charge in [0.1, 0.15) is 5.75 Å². The fourth-order valence-corrected chi connectivity index (χ4v) is 2.09. The van der Waals surface area contributed by atoms with Gasteiger partial charge in [-0.3, -0.25) is 4.79 Å². The number of likely N-dealkylation sites (N-methyl/N-ethyl adjacent to an activating group) is 1. The number of rotatable bonds is 3. The van der Waals surface area contributed by atoms with Gasteiger partial charge >= 0.3 is 0 Å². The van der Waals surface area contributed by atoms with Crippen molar-refractivity contribution in [2.75, 3.05) is 21.2 Å². The molecule has 0 N–H and O–H groups in total. The van der Waals surface area contributed by atoms with Gasteiger partial charge in [-0.2, -0.15) is 0 Å². The fraction of sp³-hybridized carbons (Fsp3) is 0.462. The zero-order valence-corrected chi connectivity index (χ0v) is 9.99. The summed E-state index contributed by atoms with van der Waals surface area (Å²) in [5.74, 6) is 1.04. The molecule has 16 heavy (non-hydrogen) atoms. The summed E-state index contributed by atoms with van der Waals surface area (Å²) in [7, 11) is 5.27. The van der Waals surface area contributed by atoms with Gasteiger partial charge in [0.15, 0.2) is 0 Å². The number of methoxy groups -OCH3 is 1. The van der Waals surface area contributed by atoms with Crippen LogP contribution in [0.1, 0.15) is 18.4 Å². The number of nitrogens with zero attached hydrogens (tertiary/aromatic N) is 1. The Morgan fingerprint density at radius 2 is 1.81 bits per heavy atom. The quantitative estimate of drug-likeness (QED) is 0.776. The third kappa shape index (κ3) is 1.66. The van der Waals surface area contributed by atoms with Crippen LogP contribution in [0.2, 0.25) is 0 Å². The van der Waals surface area contributed by atoms with Gasteiger partial charge in [0.2, 0.25) is 5.91 Å². The van der Waals surface area contributed by atoms with Crippen molar-refractivity contribution in [2.45, 2.75) is 18.3 Å². The molecule has 3 nitrogen and oxygen atoms in total. The van der Waals surface area contributed by atoms with Gasteiger partial charge in [0.25, 0.3) is 0 Å². The van der Waals surface area contributed by atoms with Gasteiger partial charge in [-0.1, -0.05) is 12.1 Å². The minimum atomic E-state index is -0.254. The first-order chi connectivity index (χ1) is 7.60. The van der Waals surface area contributed by atoms with Crippen molar-refractivity contribution >= 4 is 5.91 Å². The average molecular weight is 219 g/mol. The molecule has 1 amide bonds. The average Bonchev–Trinajstić information content (AvgIpc) is 3.09. The highest BCUT2D eigenvalue weighted by Crippen LogP contribution is 2.49. The van der Waals surface area contributed by atoms with Crippen LogP contribution in [0.3, 0.4) is 0 Å². The zero-order valence-electron chi connectivity index (χ0n) is 9.99. The normalized spacial score (nSPS) is 16.7. The van der Waals surface area contributed by atoms with Crippen LogP contribution in [0.25, 0.3) is 0 Å². The predicted octanol–water partition coefficient (Wildman–Crippen LogP) is 1.81. The minimum Gasteiger partial charge on any atom is -0.497 e. The lowest BCUT2D eigenvalue weighted by Crippen LogP contribution is -2.33. The number of carbonyl (C=O) groups is 1. The first-order valence-electron chi connectivity index (χ1n) is 5.46. The van der Waals surface area contributed by atoms with Gasteiger partial charge < -0.3 is 9.64 Å². The predicted molar refractivity (Wildman–Crippen MR) is 62.6 cm³/mol. The second-order valence-electron chi connectivity index (χ2n) is 4.51. The summed E-state index contributed by atoms with van der Waals surface area (Å²) in [4.78, 5) is 13.8. The number of ether oxygens (including phenoxy) is 1. The van der Waals surface area contributed by atoms with E-state index < -0.39 is 0 Å². The van der Waals surface area contributed by atoms with E-state index in [2.05, 4.69) is 0 Å². The highest BCUT2D eigenvalue weighted by molar-refractivity contribution is 5.91. The molecule has 0 heterocycles. The van der Waals surface area contributed by atoms with Crippen LogP contribution in [0, 0.1) is 0 Å². The molecule has 1 aromatic rings. The Balaban J connectivity index is 2.26.